The van der Waals surface area contributed by atoms with Crippen LogP contribution in [0.25, 0.3) is 10.9 Å². The van der Waals surface area contributed by atoms with Crippen molar-refractivity contribution in [3.63, 3.8) is 0 Å². The van der Waals surface area contributed by atoms with Crippen molar-refractivity contribution < 1.29 is 0 Å². The Balaban J connectivity index is 2.45. The van der Waals surface area contributed by atoms with Crippen LogP contribution in [0.5, 0.6) is 0 Å². The van der Waals surface area contributed by atoms with Crippen molar-refractivity contribution >= 4 is 26.8 Å². The van der Waals surface area contributed by atoms with E-state index in [1.165, 1.54) is 40.2 Å². The van der Waals surface area contributed by atoms with Gasteiger partial charge in [-0.05, 0) is 52.4 Å². The molecule has 0 amide bonds. The second-order valence-electron chi connectivity index (χ2n) is 3.52. The van der Waals surface area contributed by atoms with E-state index in [4.69, 9.17) is 0 Å². The zero-order valence-corrected chi connectivity index (χ0v) is 8.69. The lowest BCUT2D eigenvalue weighted by Crippen LogP contribution is -1.85. The minimum atomic E-state index is 1.14. The highest BCUT2D eigenvalue weighted by Crippen LogP contribution is 2.34. The lowest BCUT2D eigenvalue weighted by atomic mass is 10.1. The summed E-state index contributed by atoms with van der Waals surface area (Å²) in [5.41, 5.74) is 4.10. The first kappa shape index (κ1) is 7.56. The molecule has 0 saturated heterocycles. The van der Waals surface area contributed by atoms with Gasteiger partial charge in [0.1, 0.15) is 0 Å². The molecule has 3 heteroatoms. The predicted octanol–water partition coefficient (Wildman–Crippen LogP) is 2.81. The molecule has 0 atom stereocenters. The van der Waals surface area contributed by atoms with Gasteiger partial charge < -0.3 is 0 Å². The predicted molar refractivity (Wildman–Crippen MR) is 55.8 cm³/mol. The zero-order chi connectivity index (χ0) is 8.84. The molecule has 0 aliphatic heterocycles. The SMILES string of the molecule is Brc1c2c(cc3cn[nH]c13)CCC2. The average Bonchev–Trinajstić information content (AvgIpc) is 2.71. The molecule has 2 aromatic rings. The second kappa shape index (κ2) is 2.58. The van der Waals surface area contributed by atoms with Crippen molar-refractivity contribution in [3.05, 3.63) is 27.9 Å². The van der Waals surface area contributed by atoms with E-state index < -0.39 is 0 Å². The maximum Gasteiger partial charge on any atom is 0.0795 e. The molecular weight excluding hydrogens is 228 g/mol. The molecule has 3 rings (SSSR count). The largest absolute Gasteiger partial charge is 0.277 e. The van der Waals surface area contributed by atoms with Crippen LogP contribution in [-0.2, 0) is 12.8 Å². The third-order valence-electron chi connectivity index (χ3n) is 2.74. The Labute approximate surface area is 84.5 Å². The summed E-state index contributed by atoms with van der Waals surface area (Å²) in [4.78, 5) is 0. The number of aromatic nitrogens is 2. The highest BCUT2D eigenvalue weighted by Gasteiger charge is 2.16. The first-order valence-electron chi connectivity index (χ1n) is 4.49. The summed E-state index contributed by atoms with van der Waals surface area (Å²) in [7, 11) is 0. The first-order chi connectivity index (χ1) is 6.36. The molecule has 0 radical (unpaired) electrons. The molecule has 0 saturated carbocycles. The Bertz CT molecular complexity index is 473. The van der Waals surface area contributed by atoms with Crippen LogP contribution in [-0.4, -0.2) is 10.2 Å². The van der Waals surface area contributed by atoms with E-state index in [1.54, 1.807) is 0 Å². The molecule has 66 valence electrons. The molecule has 0 spiro atoms. The monoisotopic (exact) mass is 236 g/mol. The molecule has 1 aromatic carbocycles. The van der Waals surface area contributed by atoms with Gasteiger partial charge in [0.2, 0.25) is 0 Å². The van der Waals surface area contributed by atoms with Gasteiger partial charge in [0.15, 0.2) is 0 Å². The third-order valence-corrected chi connectivity index (χ3v) is 3.62. The van der Waals surface area contributed by atoms with Gasteiger partial charge >= 0.3 is 0 Å². The van der Waals surface area contributed by atoms with Crippen LogP contribution in [0, 0.1) is 0 Å². The number of hydrogen-bond donors (Lipinski definition) is 1. The molecule has 1 aromatic heterocycles. The number of rotatable bonds is 0. The lowest BCUT2D eigenvalue weighted by molar-refractivity contribution is 0.910. The van der Waals surface area contributed by atoms with E-state index in [1.807, 2.05) is 6.20 Å². The van der Waals surface area contributed by atoms with E-state index >= 15 is 0 Å². The van der Waals surface area contributed by atoms with Gasteiger partial charge in [-0.25, -0.2) is 0 Å². The summed E-state index contributed by atoms with van der Waals surface area (Å²) in [5.74, 6) is 0. The fourth-order valence-corrected chi connectivity index (χ4v) is 2.87. The van der Waals surface area contributed by atoms with Gasteiger partial charge in [-0.15, -0.1) is 0 Å². The Kier molecular flexibility index (Phi) is 1.50. The van der Waals surface area contributed by atoms with Gasteiger partial charge in [0, 0.05) is 9.86 Å². The van der Waals surface area contributed by atoms with Crippen LogP contribution in [0.1, 0.15) is 17.5 Å². The van der Waals surface area contributed by atoms with Gasteiger partial charge in [0.05, 0.1) is 11.7 Å². The Morgan fingerprint density at radius 2 is 2.31 bits per heavy atom. The van der Waals surface area contributed by atoms with Crippen molar-refractivity contribution in [2.45, 2.75) is 19.3 Å². The smallest absolute Gasteiger partial charge is 0.0795 e. The Morgan fingerprint density at radius 1 is 1.38 bits per heavy atom. The number of hydrogen-bond acceptors (Lipinski definition) is 1. The fourth-order valence-electron chi connectivity index (χ4n) is 2.10. The summed E-state index contributed by atoms with van der Waals surface area (Å²) in [6.45, 7) is 0. The molecule has 13 heavy (non-hydrogen) atoms. The van der Waals surface area contributed by atoms with E-state index in [2.05, 4.69) is 32.2 Å². The Hall–Kier alpha value is -0.830. The second-order valence-corrected chi connectivity index (χ2v) is 4.31. The summed E-state index contributed by atoms with van der Waals surface area (Å²) in [6.07, 6.45) is 5.59. The number of fused-ring (bicyclic) bond motifs is 2. The number of nitrogens with zero attached hydrogens (tertiary/aromatic N) is 1. The van der Waals surface area contributed by atoms with Gasteiger partial charge in [-0.3, -0.25) is 5.10 Å². The molecule has 0 unspecified atom stereocenters. The molecular formula is C10H9BrN2. The van der Waals surface area contributed by atoms with Crippen LogP contribution in [0.3, 0.4) is 0 Å². The normalized spacial score (nSPS) is 15.2. The van der Waals surface area contributed by atoms with E-state index in [0.717, 1.165) is 5.52 Å². The average molecular weight is 237 g/mol. The molecule has 0 bridgehead atoms. The molecule has 2 nitrogen and oxygen atoms in total. The minimum absolute atomic E-state index is 1.14. The number of nitrogens with one attached hydrogen (secondary N) is 1. The van der Waals surface area contributed by atoms with Crippen molar-refractivity contribution in [1.82, 2.24) is 10.2 Å². The fraction of sp³-hybridized carbons (Fsp3) is 0.300. The number of benzene rings is 1. The molecule has 1 aliphatic rings. The summed E-state index contributed by atoms with van der Waals surface area (Å²) in [5, 5.41) is 8.28. The Morgan fingerprint density at radius 3 is 3.23 bits per heavy atom. The standard InChI is InChI=1S/C10H9BrN2/c11-9-8-3-1-2-6(8)4-7-5-12-13-10(7)9/h4-5H,1-3H2,(H,12,13). The van der Waals surface area contributed by atoms with Crippen LogP contribution < -0.4 is 0 Å². The maximum atomic E-state index is 4.05. The van der Waals surface area contributed by atoms with Crippen LogP contribution in [0.15, 0.2) is 16.7 Å². The van der Waals surface area contributed by atoms with Crippen molar-refractivity contribution in [2.75, 3.05) is 0 Å². The maximum absolute atomic E-state index is 4.05. The van der Waals surface area contributed by atoms with Gasteiger partial charge in [-0.1, -0.05) is 0 Å². The van der Waals surface area contributed by atoms with E-state index in [-0.39, 0.29) is 0 Å². The summed E-state index contributed by atoms with van der Waals surface area (Å²) in [6, 6.07) is 2.26. The lowest BCUT2D eigenvalue weighted by Gasteiger charge is -2.02. The minimum Gasteiger partial charge on any atom is -0.277 e. The van der Waals surface area contributed by atoms with E-state index in [0.29, 0.717) is 0 Å². The first-order valence-corrected chi connectivity index (χ1v) is 5.29. The quantitative estimate of drug-likeness (QED) is 0.749. The zero-order valence-electron chi connectivity index (χ0n) is 7.10. The van der Waals surface area contributed by atoms with Gasteiger partial charge in [0.25, 0.3) is 0 Å². The molecule has 1 heterocycles. The van der Waals surface area contributed by atoms with E-state index in [9.17, 15) is 0 Å². The number of halogens is 1. The van der Waals surface area contributed by atoms with Crippen molar-refractivity contribution in [1.29, 1.82) is 0 Å². The molecule has 0 fully saturated rings. The topological polar surface area (TPSA) is 28.7 Å². The van der Waals surface area contributed by atoms with Gasteiger partial charge in [-0.2, -0.15) is 5.10 Å². The van der Waals surface area contributed by atoms with Crippen molar-refractivity contribution in [2.24, 2.45) is 0 Å². The van der Waals surface area contributed by atoms with Crippen LogP contribution >= 0.6 is 15.9 Å². The van der Waals surface area contributed by atoms with Crippen LogP contribution in [0.2, 0.25) is 0 Å². The highest BCUT2D eigenvalue weighted by molar-refractivity contribution is 9.10. The molecule has 1 N–H and O–H groups in total. The molecule has 1 aliphatic carbocycles. The summed E-state index contributed by atoms with van der Waals surface area (Å²) < 4.78 is 1.22. The number of H-pyrrole nitrogens is 1. The number of aryl methyl sites for hydroxylation is 1. The number of aromatic amines is 1. The van der Waals surface area contributed by atoms with Crippen LogP contribution in [0.4, 0.5) is 0 Å². The summed E-state index contributed by atoms with van der Waals surface area (Å²) >= 11 is 3.64. The third kappa shape index (κ3) is 0.967. The van der Waals surface area contributed by atoms with Crippen molar-refractivity contribution in [3.8, 4) is 0 Å². The highest BCUT2D eigenvalue weighted by atomic mass is 79.9.